The minimum absolute atomic E-state index is 0.0120. The predicted molar refractivity (Wildman–Crippen MR) is 115 cm³/mol. The van der Waals surface area contributed by atoms with Crippen molar-refractivity contribution in [1.29, 1.82) is 0 Å². The Morgan fingerprint density at radius 2 is 2.00 bits per heavy atom. The fourth-order valence-electron chi connectivity index (χ4n) is 3.58. The molecule has 2 atom stereocenters. The van der Waals surface area contributed by atoms with E-state index in [9.17, 15) is 27.2 Å². The van der Waals surface area contributed by atoms with Crippen LogP contribution in [0, 0.1) is 5.82 Å². The van der Waals surface area contributed by atoms with Gasteiger partial charge in [-0.25, -0.2) is 14.4 Å². The molecule has 4 rings (SSSR count). The Labute approximate surface area is 195 Å². The normalized spacial score (nSPS) is 18.1. The maximum atomic E-state index is 14.1. The van der Waals surface area contributed by atoms with Crippen molar-refractivity contribution in [2.45, 2.75) is 24.4 Å². The molecular formula is C22H18F4N4O3S. The van der Waals surface area contributed by atoms with Crippen LogP contribution in [0.3, 0.4) is 0 Å². The van der Waals surface area contributed by atoms with Crippen molar-refractivity contribution in [3.63, 3.8) is 0 Å². The number of aromatic nitrogens is 2. The lowest BCUT2D eigenvalue weighted by atomic mass is 9.82. The van der Waals surface area contributed by atoms with Crippen molar-refractivity contribution >= 4 is 23.2 Å². The zero-order valence-electron chi connectivity index (χ0n) is 17.6. The number of rotatable bonds is 6. The van der Waals surface area contributed by atoms with Crippen LogP contribution in [0.4, 0.5) is 17.6 Å². The summed E-state index contributed by atoms with van der Waals surface area (Å²) in [5, 5.41) is 3.79. The van der Waals surface area contributed by atoms with E-state index in [1.54, 1.807) is 0 Å². The molecule has 0 saturated carbocycles. The van der Waals surface area contributed by atoms with Crippen LogP contribution in [-0.2, 0) is 10.2 Å². The lowest BCUT2D eigenvalue weighted by Crippen LogP contribution is -2.40. The van der Waals surface area contributed by atoms with Crippen LogP contribution in [0.25, 0.3) is 11.3 Å². The molecule has 0 spiro atoms. The van der Waals surface area contributed by atoms with Crippen molar-refractivity contribution in [3.05, 3.63) is 64.0 Å². The van der Waals surface area contributed by atoms with Gasteiger partial charge in [-0.15, -0.1) is 11.3 Å². The number of primary amides is 1. The number of nitrogens with one attached hydrogen (secondary N) is 1. The van der Waals surface area contributed by atoms with E-state index in [1.807, 2.05) is 0 Å². The molecule has 2 amide bonds. The molecule has 0 unspecified atom stereocenters. The van der Waals surface area contributed by atoms with Gasteiger partial charge in [0, 0.05) is 29.2 Å². The molecule has 0 fully saturated rings. The largest absolute Gasteiger partial charge is 0.489 e. The van der Waals surface area contributed by atoms with Crippen LogP contribution in [0.15, 0.2) is 41.9 Å². The third-order valence-electron chi connectivity index (χ3n) is 5.60. The Hall–Kier alpha value is -3.54. The maximum absolute atomic E-state index is 14.1. The Morgan fingerprint density at radius 1 is 1.29 bits per heavy atom. The molecular weight excluding hydrogens is 476 g/mol. The summed E-state index contributed by atoms with van der Waals surface area (Å²) in [7, 11) is 0. The van der Waals surface area contributed by atoms with Crippen LogP contribution in [0.1, 0.15) is 33.9 Å². The number of amides is 2. The summed E-state index contributed by atoms with van der Waals surface area (Å²) < 4.78 is 61.4. The van der Waals surface area contributed by atoms with Gasteiger partial charge in [-0.1, -0.05) is 0 Å². The molecule has 7 nitrogen and oxygen atoms in total. The van der Waals surface area contributed by atoms with Gasteiger partial charge in [-0.3, -0.25) is 9.59 Å². The van der Waals surface area contributed by atoms with Crippen molar-refractivity contribution in [2.24, 2.45) is 5.73 Å². The number of pyridine rings is 1. The van der Waals surface area contributed by atoms with Crippen LogP contribution in [0.5, 0.6) is 5.75 Å². The number of thiazole rings is 1. The van der Waals surface area contributed by atoms with Crippen molar-refractivity contribution in [3.8, 4) is 17.0 Å². The summed E-state index contributed by atoms with van der Waals surface area (Å²) in [6, 6.07) is 6.09. The fourth-order valence-corrected chi connectivity index (χ4v) is 4.13. The van der Waals surface area contributed by atoms with Crippen molar-refractivity contribution in [1.82, 2.24) is 15.3 Å². The number of hydrogen-bond donors (Lipinski definition) is 2. The molecule has 12 heteroatoms. The molecule has 0 saturated heterocycles. The number of ether oxygens (including phenoxy) is 1. The lowest BCUT2D eigenvalue weighted by molar-refractivity contribution is -0.149. The molecule has 0 aliphatic carbocycles. The predicted octanol–water partition coefficient (Wildman–Crippen LogP) is 3.56. The van der Waals surface area contributed by atoms with E-state index in [-0.39, 0.29) is 28.6 Å². The third kappa shape index (κ3) is 4.32. The number of hydrogen-bond acceptors (Lipinski definition) is 6. The fraction of sp³-hybridized carbons (Fsp3) is 0.273. The summed E-state index contributed by atoms with van der Waals surface area (Å²) >= 11 is 0.988. The third-order valence-corrected chi connectivity index (χ3v) is 6.37. The number of carbonyl (C=O) groups excluding carboxylic acids is 2. The minimum Gasteiger partial charge on any atom is -0.489 e. The first kappa shape index (κ1) is 23.6. The first-order valence-corrected chi connectivity index (χ1v) is 10.9. The monoisotopic (exact) mass is 494 g/mol. The van der Waals surface area contributed by atoms with Crippen LogP contribution in [-0.4, -0.2) is 41.1 Å². The SMILES string of the molecule is C[C@]1(C(N)=O)COc2c1cc([C@@H](CNC(=O)c1nccs1)C(F)(F)F)nc2-c1ccc(F)cc1. The van der Waals surface area contributed by atoms with Crippen molar-refractivity contribution in [2.75, 3.05) is 13.2 Å². The highest BCUT2D eigenvalue weighted by atomic mass is 32.1. The number of fused-ring (bicyclic) bond motifs is 1. The van der Waals surface area contributed by atoms with Gasteiger partial charge in [-0.05, 0) is 37.3 Å². The van der Waals surface area contributed by atoms with Crippen LogP contribution >= 0.6 is 11.3 Å². The van der Waals surface area contributed by atoms with E-state index < -0.39 is 47.4 Å². The van der Waals surface area contributed by atoms with Crippen LogP contribution in [0.2, 0.25) is 0 Å². The van der Waals surface area contributed by atoms with E-state index in [0.29, 0.717) is 5.56 Å². The second kappa shape index (κ2) is 8.67. The first-order valence-electron chi connectivity index (χ1n) is 9.99. The van der Waals surface area contributed by atoms with Gasteiger partial charge in [0.05, 0.1) is 5.69 Å². The highest BCUT2D eigenvalue weighted by Crippen LogP contribution is 2.46. The molecule has 3 aromatic rings. The molecule has 0 bridgehead atoms. The van der Waals surface area contributed by atoms with E-state index >= 15 is 0 Å². The van der Waals surface area contributed by atoms with Crippen molar-refractivity contribution < 1.29 is 31.9 Å². The maximum Gasteiger partial charge on any atom is 0.398 e. The Bertz CT molecular complexity index is 1230. The van der Waals surface area contributed by atoms with Gasteiger partial charge >= 0.3 is 6.18 Å². The summed E-state index contributed by atoms with van der Waals surface area (Å²) in [5.74, 6) is -4.19. The molecule has 3 N–H and O–H groups in total. The average Bonchev–Trinajstić information content (AvgIpc) is 3.43. The molecule has 178 valence electrons. The highest BCUT2D eigenvalue weighted by molar-refractivity contribution is 7.11. The minimum atomic E-state index is -4.79. The van der Waals surface area contributed by atoms with Gasteiger partial charge < -0.3 is 15.8 Å². The van der Waals surface area contributed by atoms with E-state index in [1.165, 1.54) is 30.6 Å². The summed E-state index contributed by atoms with van der Waals surface area (Å²) in [4.78, 5) is 32.4. The second-order valence-electron chi connectivity index (χ2n) is 7.91. The van der Waals surface area contributed by atoms with Gasteiger partial charge in [0.15, 0.2) is 5.01 Å². The number of nitrogens with two attached hydrogens (primary N) is 1. The molecule has 2 aromatic heterocycles. The molecule has 34 heavy (non-hydrogen) atoms. The van der Waals surface area contributed by atoms with E-state index in [4.69, 9.17) is 10.5 Å². The number of benzene rings is 1. The number of halogens is 4. The number of alkyl halides is 3. The average molecular weight is 494 g/mol. The smallest absolute Gasteiger partial charge is 0.398 e. The first-order chi connectivity index (χ1) is 16.0. The van der Waals surface area contributed by atoms with E-state index in [2.05, 4.69) is 15.3 Å². The van der Waals surface area contributed by atoms with Gasteiger partial charge in [0.1, 0.15) is 35.2 Å². The zero-order valence-corrected chi connectivity index (χ0v) is 18.5. The molecule has 1 aliphatic rings. The second-order valence-corrected chi connectivity index (χ2v) is 8.80. The van der Waals surface area contributed by atoms with E-state index in [0.717, 1.165) is 29.5 Å². The number of carbonyl (C=O) groups is 2. The van der Waals surface area contributed by atoms with Crippen LogP contribution < -0.4 is 15.8 Å². The zero-order chi connectivity index (χ0) is 24.7. The molecule has 1 aliphatic heterocycles. The topological polar surface area (TPSA) is 107 Å². The molecule has 3 heterocycles. The highest BCUT2D eigenvalue weighted by Gasteiger charge is 2.47. The number of nitrogens with zero attached hydrogens (tertiary/aromatic N) is 2. The van der Waals surface area contributed by atoms with Gasteiger partial charge in [-0.2, -0.15) is 13.2 Å². The summed E-state index contributed by atoms with van der Waals surface area (Å²) in [6.45, 7) is 0.464. The standard InChI is InChI=1S/C22H18F4N4O3S/c1-21(20(27)32)10-33-17-13(21)8-15(30-16(17)11-2-4-12(23)5-3-11)14(22(24,25)26)9-29-18(31)19-28-6-7-34-19/h2-8,14H,9-10H2,1H3,(H2,27,32)(H,29,31)/t14-,21+/m1/s1. The van der Waals surface area contributed by atoms with Gasteiger partial charge in [0.2, 0.25) is 5.91 Å². The Morgan fingerprint density at radius 3 is 2.59 bits per heavy atom. The Kier molecular flexibility index (Phi) is 6.02. The summed E-state index contributed by atoms with van der Waals surface area (Å²) in [6.07, 6.45) is -3.43. The molecule has 1 aromatic carbocycles. The molecule has 0 radical (unpaired) electrons. The summed E-state index contributed by atoms with van der Waals surface area (Å²) in [5.41, 5.74) is 4.15. The lowest BCUT2D eigenvalue weighted by Gasteiger charge is -2.23. The quantitative estimate of drug-likeness (QED) is 0.510. The Balaban J connectivity index is 1.81. The van der Waals surface area contributed by atoms with Gasteiger partial charge in [0.25, 0.3) is 5.91 Å².